The fourth-order valence-electron chi connectivity index (χ4n) is 4.47. The number of rotatable bonds is 10. The van der Waals surface area contributed by atoms with Crippen LogP contribution in [0.4, 0.5) is 0 Å². The summed E-state index contributed by atoms with van der Waals surface area (Å²) in [6.45, 7) is 17.4. The van der Waals surface area contributed by atoms with Gasteiger partial charge in [-0.25, -0.2) is 0 Å². The van der Waals surface area contributed by atoms with E-state index in [1.54, 1.807) is 0 Å². The molecule has 0 aliphatic carbocycles. The van der Waals surface area contributed by atoms with Crippen molar-refractivity contribution in [2.45, 2.75) is 78.7 Å². The highest BCUT2D eigenvalue weighted by Crippen LogP contribution is 2.20. The molecule has 30 heavy (non-hydrogen) atoms. The molecule has 4 nitrogen and oxygen atoms in total. The molecule has 1 aromatic carbocycles. The van der Waals surface area contributed by atoms with Gasteiger partial charge in [0.1, 0.15) is 0 Å². The molecule has 2 fully saturated rings. The molecule has 0 saturated carbocycles. The lowest BCUT2D eigenvalue weighted by molar-refractivity contribution is -0.00609. The fourth-order valence-corrected chi connectivity index (χ4v) is 4.47. The number of benzene rings is 1. The van der Waals surface area contributed by atoms with E-state index in [9.17, 15) is 0 Å². The maximum atomic E-state index is 6.04. The average Bonchev–Trinajstić information content (AvgIpc) is 2.73. The molecule has 0 unspecified atom stereocenters. The first-order valence-corrected chi connectivity index (χ1v) is 12.2. The van der Waals surface area contributed by atoms with Crippen LogP contribution in [0.1, 0.15) is 64.5 Å². The van der Waals surface area contributed by atoms with Crippen LogP contribution in [0.15, 0.2) is 24.3 Å². The van der Waals surface area contributed by atoms with Crippen molar-refractivity contribution in [2.75, 3.05) is 39.4 Å². The quantitative estimate of drug-likeness (QED) is 0.538. The van der Waals surface area contributed by atoms with Gasteiger partial charge in [-0.05, 0) is 48.6 Å². The van der Waals surface area contributed by atoms with Gasteiger partial charge >= 0.3 is 0 Å². The van der Waals surface area contributed by atoms with Crippen molar-refractivity contribution in [1.29, 1.82) is 0 Å². The van der Waals surface area contributed by atoms with E-state index in [1.165, 1.54) is 36.8 Å². The summed E-state index contributed by atoms with van der Waals surface area (Å²) in [6.07, 6.45) is 5.59. The highest BCUT2D eigenvalue weighted by atomic mass is 16.5. The molecule has 2 saturated heterocycles. The first kappa shape index (κ1) is 23.7. The molecule has 0 aromatic heterocycles. The van der Waals surface area contributed by atoms with E-state index >= 15 is 0 Å². The zero-order valence-electron chi connectivity index (χ0n) is 19.8. The molecule has 0 bridgehead atoms. The van der Waals surface area contributed by atoms with Crippen LogP contribution < -0.4 is 0 Å². The van der Waals surface area contributed by atoms with E-state index in [2.05, 4.69) is 61.8 Å². The topological polar surface area (TPSA) is 24.9 Å². The van der Waals surface area contributed by atoms with Crippen molar-refractivity contribution < 1.29 is 9.47 Å². The lowest BCUT2D eigenvalue weighted by Crippen LogP contribution is -2.37. The lowest BCUT2D eigenvalue weighted by Gasteiger charge is -2.33. The smallest absolute Gasteiger partial charge is 0.0599 e. The van der Waals surface area contributed by atoms with Crippen LogP contribution in [0.2, 0.25) is 0 Å². The second kappa shape index (κ2) is 12.2. The van der Waals surface area contributed by atoms with E-state index in [0.29, 0.717) is 24.0 Å². The minimum absolute atomic E-state index is 0.461. The van der Waals surface area contributed by atoms with Crippen LogP contribution in [0.5, 0.6) is 0 Å². The number of hydrogen-bond acceptors (Lipinski definition) is 4. The van der Waals surface area contributed by atoms with Crippen molar-refractivity contribution in [2.24, 2.45) is 11.8 Å². The Labute approximate surface area is 184 Å². The molecule has 3 rings (SSSR count). The predicted octanol–water partition coefficient (Wildman–Crippen LogP) is 4.96. The van der Waals surface area contributed by atoms with Crippen LogP contribution in [0.25, 0.3) is 0 Å². The van der Waals surface area contributed by atoms with Crippen molar-refractivity contribution >= 4 is 0 Å². The third kappa shape index (κ3) is 8.30. The number of likely N-dealkylation sites (tertiary alicyclic amines) is 2. The standard InChI is InChI=1S/C26H44N2O2/c1-21(2)19-29-25-8-12-27(13-9-25)17-23-6-5-7-24(16-23)18-28-14-10-26(11-15-28)30-20-22(3)4/h5-7,16,21-22,25-26H,8-15,17-20H2,1-4H3. The number of nitrogens with zero attached hydrogens (tertiary/aromatic N) is 2. The Kier molecular flexibility index (Phi) is 9.64. The number of piperidine rings is 2. The molecule has 170 valence electrons. The molecule has 0 amide bonds. The first-order chi connectivity index (χ1) is 14.5. The van der Waals surface area contributed by atoms with E-state index in [4.69, 9.17) is 9.47 Å². The third-order valence-corrected chi connectivity index (χ3v) is 6.20. The predicted molar refractivity (Wildman–Crippen MR) is 125 cm³/mol. The molecule has 2 aliphatic heterocycles. The number of ether oxygens (including phenoxy) is 2. The first-order valence-electron chi connectivity index (χ1n) is 12.2. The Hall–Kier alpha value is -0.940. The summed E-state index contributed by atoms with van der Waals surface area (Å²) >= 11 is 0. The van der Waals surface area contributed by atoms with Crippen molar-refractivity contribution in [3.8, 4) is 0 Å². The summed E-state index contributed by atoms with van der Waals surface area (Å²) in [5, 5.41) is 0. The summed E-state index contributed by atoms with van der Waals surface area (Å²) < 4.78 is 12.1. The second-order valence-electron chi connectivity index (χ2n) is 10.2. The van der Waals surface area contributed by atoms with Gasteiger partial charge in [0.2, 0.25) is 0 Å². The zero-order valence-corrected chi connectivity index (χ0v) is 19.8. The highest BCUT2D eigenvalue weighted by molar-refractivity contribution is 5.23. The Morgan fingerprint density at radius 1 is 0.733 bits per heavy atom. The summed E-state index contributed by atoms with van der Waals surface area (Å²) in [7, 11) is 0. The Morgan fingerprint density at radius 2 is 1.13 bits per heavy atom. The average molecular weight is 417 g/mol. The molecule has 0 atom stereocenters. The van der Waals surface area contributed by atoms with Crippen LogP contribution in [0, 0.1) is 11.8 Å². The summed E-state index contributed by atoms with van der Waals surface area (Å²) in [4.78, 5) is 5.18. The summed E-state index contributed by atoms with van der Waals surface area (Å²) in [6, 6.07) is 9.23. The van der Waals surface area contributed by atoms with E-state index < -0.39 is 0 Å². The Bertz CT molecular complexity index is 554. The van der Waals surface area contributed by atoms with E-state index in [-0.39, 0.29) is 0 Å². The van der Waals surface area contributed by atoms with E-state index in [0.717, 1.165) is 52.5 Å². The minimum atomic E-state index is 0.461. The van der Waals surface area contributed by atoms with Gasteiger partial charge in [-0.15, -0.1) is 0 Å². The lowest BCUT2D eigenvalue weighted by atomic mass is 10.0. The fraction of sp³-hybridized carbons (Fsp3) is 0.769. The monoisotopic (exact) mass is 416 g/mol. The SMILES string of the molecule is CC(C)COC1CCN(Cc2cccc(CN3CCC(OCC(C)C)CC3)c2)CC1. The summed E-state index contributed by atoms with van der Waals surface area (Å²) in [5.41, 5.74) is 2.90. The molecule has 0 N–H and O–H groups in total. The van der Waals surface area contributed by atoms with Crippen molar-refractivity contribution in [1.82, 2.24) is 9.80 Å². The van der Waals surface area contributed by atoms with Gasteiger partial charge in [0.15, 0.2) is 0 Å². The van der Waals surface area contributed by atoms with Crippen molar-refractivity contribution in [3.05, 3.63) is 35.4 Å². The van der Waals surface area contributed by atoms with E-state index in [1.807, 2.05) is 0 Å². The molecular formula is C26H44N2O2. The van der Waals surface area contributed by atoms with Crippen LogP contribution in [-0.4, -0.2) is 61.4 Å². The largest absolute Gasteiger partial charge is 0.378 e. The second-order valence-corrected chi connectivity index (χ2v) is 10.2. The van der Waals surface area contributed by atoms with Gasteiger partial charge in [-0.1, -0.05) is 52.0 Å². The highest BCUT2D eigenvalue weighted by Gasteiger charge is 2.21. The Balaban J connectivity index is 1.39. The number of hydrogen-bond donors (Lipinski definition) is 0. The Morgan fingerprint density at radius 3 is 1.50 bits per heavy atom. The van der Waals surface area contributed by atoms with Gasteiger partial charge in [-0.2, -0.15) is 0 Å². The van der Waals surface area contributed by atoms with Crippen LogP contribution in [0.3, 0.4) is 0 Å². The maximum Gasteiger partial charge on any atom is 0.0599 e. The molecule has 2 aliphatic rings. The third-order valence-electron chi connectivity index (χ3n) is 6.20. The summed E-state index contributed by atoms with van der Waals surface area (Å²) in [5.74, 6) is 1.26. The van der Waals surface area contributed by atoms with Crippen LogP contribution >= 0.6 is 0 Å². The maximum absolute atomic E-state index is 6.04. The van der Waals surface area contributed by atoms with Gasteiger partial charge in [0, 0.05) is 52.5 Å². The van der Waals surface area contributed by atoms with Gasteiger partial charge in [0.25, 0.3) is 0 Å². The normalized spacial score (nSPS) is 20.5. The minimum Gasteiger partial charge on any atom is -0.378 e. The van der Waals surface area contributed by atoms with Gasteiger partial charge < -0.3 is 9.47 Å². The zero-order chi connectivity index (χ0) is 21.3. The molecule has 2 heterocycles. The van der Waals surface area contributed by atoms with Gasteiger partial charge in [-0.3, -0.25) is 9.80 Å². The van der Waals surface area contributed by atoms with Crippen molar-refractivity contribution in [3.63, 3.8) is 0 Å². The van der Waals surface area contributed by atoms with Crippen LogP contribution in [-0.2, 0) is 22.6 Å². The molecule has 0 spiro atoms. The molecular weight excluding hydrogens is 372 g/mol. The molecule has 4 heteroatoms. The molecule has 0 radical (unpaired) electrons. The van der Waals surface area contributed by atoms with Gasteiger partial charge in [0.05, 0.1) is 12.2 Å². The molecule has 1 aromatic rings.